The van der Waals surface area contributed by atoms with Crippen LogP contribution in [-0.2, 0) is 4.79 Å². The number of β-lactam (4-membered cyclic amide) rings is 1. The first kappa shape index (κ1) is 9.59. The molecule has 1 amide bonds. The van der Waals surface area contributed by atoms with Crippen molar-refractivity contribution in [3.63, 3.8) is 0 Å². The van der Waals surface area contributed by atoms with Gasteiger partial charge in [0, 0.05) is 23.5 Å². The van der Waals surface area contributed by atoms with Crippen LogP contribution in [-0.4, -0.2) is 18.2 Å². The molecule has 0 radical (unpaired) electrons. The fraction of sp³-hybridized carbons (Fsp3) is 0.364. The van der Waals surface area contributed by atoms with Crippen LogP contribution in [0.3, 0.4) is 0 Å². The molecule has 74 valence electrons. The number of hydrogen-bond donors (Lipinski definition) is 0. The van der Waals surface area contributed by atoms with Gasteiger partial charge in [-0.1, -0.05) is 6.92 Å². The number of carbonyl (C=O) groups is 1. The fourth-order valence-electron chi connectivity index (χ4n) is 1.48. The first-order valence-electron chi connectivity index (χ1n) is 4.84. The maximum atomic E-state index is 11.2. The Kier molecular flexibility index (Phi) is 2.77. The smallest absolute Gasteiger partial charge is 0.228 e. The van der Waals surface area contributed by atoms with Gasteiger partial charge in [0.15, 0.2) is 0 Å². The Labute approximate surface area is 88.3 Å². The Morgan fingerprint density at radius 1 is 1.36 bits per heavy atom. The van der Waals surface area contributed by atoms with E-state index in [1.165, 1.54) is 4.90 Å². The standard InChI is InChI=1S/C11H13NOS/c1-2-14-10-5-3-9(4-6-10)12-8-7-11(12)13/h3-6H,2,7-8H2,1H3. The van der Waals surface area contributed by atoms with Crippen LogP contribution in [0.5, 0.6) is 0 Å². The maximum Gasteiger partial charge on any atom is 0.228 e. The molecule has 1 fully saturated rings. The Morgan fingerprint density at radius 2 is 2.07 bits per heavy atom. The van der Waals surface area contributed by atoms with E-state index in [1.54, 1.807) is 0 Å². The minimum Gasteiger partial charge on any atom is -0.312 e. The highest BCUT2D eigenvalue weighted by Crippen LogP contribution is 2.25. The monoisotopic (exact) mass is 207 g/mol. The predicted molar refractivity (Wildman–Crippen MR) is 59.8 cm³/mol. The van der Waals surface area contributed by atoms with Crippen molar-refractivity contribution >= 4 is 23.4 Å². The molecule has 0 aliphatic carbocycles. The fourth-order valence-corrected chi connectivity index (χ4v) is 2.14. The average Bonchev–Trinajstić information content (AvgIpc) is 2.19. The molecule has 1 aromatic rings. The van der Waals surface area contributed by atoms with E-state index in [4.69, 9.17) is 0 Å². The van der Waals surface area contributed by atoms with Crippen LogP contribution in [0.15, 0.2) is 29.2 Å². The van der Waals surface area contributed by atoms with Crippen molar-refractivity contribution in [3.05, 3.63) is 24.3 Å². The largest absolute Gasteiger partial charge is 0.312 e. The summed E-state index contributed by atoms with van der Waals surface area (Å²) in [5, 5.41) is 0. The van der Waals surface area contributed by atoms with Crippen LogP contribution in [0.25, 0.3) is 0 Å². The van der Waals surface area contributed by atoms with Gasteiger partial charge in [-0.3, -0.25) is 4.79 Å². The first-order chi connectivity index (χ1) is 6.81. The molecule has 0 N–H and O–H groups in total. The highest BCUT2D eigenvalue weighted by molar-refractivity contribution is 7.99. The number of hydrogen-bond acceptors (Lipinski definition) is 2. The Morgan fingerprint density at radius 3 is 2.50 bits per heavy atom. The Bertz CT molecular complexity index is 334. The average molecular weight is 207 g/mol. The summed E-state index contributed by atoms with van der Waals surface area (Å²) in [5.41, 5.74) is 1.03. The van der Waals surface area contributed by atoms with Crippen LogP contribution in [0.4, 0.5) is 5.69 Å². The second-order valence-corrected chi connectivity index (χ2v) is 4.56. The molecular formula is C11H13NOS. The summed E-state index contributed by atoms with van der Waals surface area (Å²) in [5.74, 6) is 1.32. The van der Waals surface area contributed by atoms with Crippen LogP contribution >= 0.6 is 11.8 Å². The summed E-state index contributed by atoms with van der Waals surface area (Å²) in [4.78, 5) is 14.2. The van der Waals surface area contributed by atoms with E-state index in [9.17, 15) is 4.79 Å². The van der Waals surface area contributed by atoms with Gasteiger partial charge in [-0.25, -0.2) is 0 Å². The summed E-state index contributed by atoms with van der Waals surface area (Å²) in [6.07, 6.45) is 0.700. The van der Waals surface area contributed by atoms with Crippen molar-refractivity contribution in [2.24, 2.45) is 0 Å². The molecule has 0 aromatic heterocycles. The van der Waals surface area contributed by atoms with E-state index >= 15 is 0 Å². The van der Waals surface area contributed by atoms with Crippen molar-refractivity contribution in [3.8, 4) is 0 Å². The SMILES string of the molecule is CCSc1ccc(N2CCC2=O)cc1. The van der Waals surface area contributed by atoms with Gasteiger partial charge in [0.05, 0.1) is 0 Å². The highest BCUT2D eigenvalue weighted by atomic mass is 32.2. The van der Waals surface area contributed by atoms with Crippen LogP contribution in [0.2, 0.25) is 0 Å². The van der Waals surface area contributed by atoms with Crippen LogP contribution in [0, 0.1) is 0 Å². The molecule has 0 spiro atoms. The van der Waals surface area contributed by atoms with E-state index in [-0.39, 0.29) is 5.91 Å². The first-order valence-corrected chi connectivity index (χ1v) is 5.83. The zero-order valence-electron chi connectivity index (χ0n) is 8.19. The zero-order valence-corrected chi connectivity index (χ0v) is 9.01. The third kappa shape index (κ3) is 1.77. The zero-order chi connectivity index (χ0) is 9.97. The molecule has 2 rings (SSSR count). The van der Waals surface area contributed by atoms with Gasteiger partial charge in [0.1, 0.15) is 0 Å². The van der Waals surface area contributed by atoms with E-state index in [1.807, 2.05) is 28.8 Å². The molecule has 1 aliphatic heterocycles. The molecule has 0 unspecified atom stereocenters. The van der Waals surface area contributed by atoms with E-state index in [2.05, 4.69) is 19.1 Å². The maximum absolute atomic E-state index is 11.2. The number of carbonyl (C=O) groups excluding carboxylic acids is 1. The highest BCUT2D eigenvalue weighted by Gasteiger charge is 2.24. The molecule has 1 aliphatic rings. The van der Waals surface area contributed by atoms with Crippen LogP contribution < -0.4 is 4.90 Å². The lowest BCUT2D eigenvalue weighted by Gasteiger charge is -2.30. The van der Waals surface area contributed by atoms with E-state index < -0.39 is 0 Å². The predicted octanol–water partition coefficient (Wildman–Crippen LogP) is 2.54. The third-order valence-corrected chi connectivity index (χ3v) is 3.20. The second kappa shape index (κ2) is 4.05. The summed E-state index contributed by atoms with van der Waals surface area (Å²) < 4.78 is 0. The topological polar surface area (TPSA) is 20.3 Å². The number of rotatable bonds is 3. The number of thioether (sulfide) groups is 1. The van der Waals surface area contributed by atoms with Gasteiger partial charge < -0.3 is 4.90 Å². The van der Waals surface area contributed by atoms with Crippen molar-refractivity contribution in [2.45, 2.75) is 18.2 Å². The quantitative estimate of drug-likeness (QED) is 0.561. The van der Waals surface area contributed by atoms with Gasteiger partial charge >= 0.3 is 0 Å². The van der Waals surface area contributed by atoms with Crippen molar-refractivity contribution < 1.29 is 4.79 Å². The minimum atomic E-state index is 0.237. The lowest BCUT2D eigenvalue weighted by Crippen LogP contribution is -2.43. The number of benzene rings is 1. The molecule has 0 bridgehead atoms. The van der Waals surface area contributed by atoms with Crippen molar-refractivity contribution in [1.29, 1.82) is 0 Å². The van der Waals surface area contributed by atoms with E-state index in [0.29, 0.717) is 6.42 Å². The Balaban J connectivity index is 2.09. The van der Waals surface area contributed by atoms with Gasteiger partial charge in [-0.2, -0.15) is 0 Å². The van der Waals surface area contributed by atoms with Gasteiger partial charge in [-0.05, 0) is 30.0 Å². The molecule has 14 heavy (non-hydrogen) atoms. The van der Waals surface area contributed by atoms with Gasteiger partial charge in [0.25, 0.3) is 0 Å². The summed E-state index contributed by atoms with van der Waals surface area (Å²) in [6.45, 7) is 3.01. The minimum absolute atomic E-state index is 0.237. The molecule has 3 heteroatoms. The third-order valence-electron chi connectivity index (χ3n) is 2.31. The van der Waals surface area contributed by atoms with E-state index in [0.717, 1.165) is 18.0 Å². The number of amides is 1. The van der Waals surface area contributed by atoms with Gasteiger partial charge in [0.2, 0.25) is 5.91 Å². The van der Waals surface area contributed by atoms with Gasteiger partial charge in [-0.15, -0.1) is 11.8 Å². The summed E-state index contributed by atoms with van der Waals surface area (Å²) >= 11 is 1.82. The Hall–Kier alpha value is -0.960. The molecular weight excluding hydrogens is 194 g/mol. The second-order valence-electron chi connectivity index (χ2n) is 3.22. The molecule has 1 aromatic carbocycles. The normalized spacial score (nSPS) is 15.5. The van der Waals surface area contributed by atoms with Crippen molar-refractivity contribution in [1.82, 2.24) is 0 Å². The number of anilines is 1. The van der Waals surface area contributed by atoms with Crippen molar-refractivity contribution in [2.75, 3.05) is 17.2 Å². The van der Waals surface area contributed by atoms with Crippen LogP contribution in [0.1, 0.15) is 13.3 Å². The molecule has 2 nitrogen and oxygen atoms in total. The number of nitrogens with zero attached hydrogens (tertiary/aromatic N) is 1. The lowest BCUT2D eigenvalue weighted by atomic mass is 10.1. The molecule has 1 saturated heterocycles. The lowest BCUT2D eigenvalue weighted by molar-refractivity contribution is -0.122. The molecule has 0 atom stereocenters. The molecule has 1 heterocycles. The summed E-state index contributed by atoms with van der Waals surface area (Å²) in [6, 6.07) is 8.20. The molecule has 0 saturated carbocycles. The summed E-state index contributed by atoms with van der Waals surface area (Å²) in [7, 11) is 0.